The molecule has 0 amide bonds. The van der Waals surface area contributed by atoms with Gasteiger partial charge in [0.1, 0.15) is 0 Å². The molecule has 0 saturated carbocycles. The second kappa shape index (κ2) is 11.9. The molecule has 248 valence electrons. The highest BCUT2D eigenvalue weighted by Crippen LogP contribution is 2.58. The van der Waals surface area contributed by atoms with Crippen LogP contribution in [0.1, 0.15) is 47.2 Å². The van der Waals surface area contributed by atoms with Crippen LogP contribution in [0.25, 0.3) is 21.9 Å². The van der Waals surface area contributed by atoms with E-state index in [9.17, 15) is 0 Å². The van der Waals surface area contributed by atoms with Gasteiger partial charge in [0.25, 0.3) is 0 Å². The Morgan fingerprint density at radius 1 is 0.423 bits per heavy atom. The molecule has 0 spiro atoms. The molecule has 0 bridgehead atoms. The van der Waals surface area contributed by atoms with Crippen LogP contribution < -0.4 is 4.90 Å². The predicted octanol–water partition coefficient (Wildman–Crippen LogP) is 13.5. The first-order chi connectivity index (χ1) is 25.5. The number of hydrogen-bond acceptors (Lipinski definition) is 2. The summed E-state index contributed by atoms with van der Waals surface area (Å²) in [4.78, 5) is 5.12. The zero-order chi connectivity index (χ0) is 34.9. The molecule has 1 aliphatic carbocycles. The Morgan fingerprint density at radius 2 is 1.00 bits per heavy atom. The number of hydrogen-bond donors (Lipinski definition) is 0. The van der Waals surface area contributed by atoms with Crippen LogP contribution in [0.2, 0.25) is 0 Å². The van der Waals surface area contributed by atoms with Crippen molar-refractivity contribution in [2.45, 2.75) is 34.5 Å². The van der Waals surface area contributed by atoms with E-state index < -0.39 is 5.41 Å². The molecule has 0 radical (unpaired) electrons. The Kier molecular flexibility index (Phi) is 7.06. The smallest absolute Gasteiger partial charge is 0.0714 e. The highest BCUT2D eigenvalue weighted by atomic mass is 32.2. The van der Waals surface area contributed by atoms with Crippen molar-refractivity contribution < 1.29 is 0 Å². The van der Waals surface area contributed by atoms with Crippen LogP contribution in [0.3, 0.4) is 0 Å². The van der Waals surface area contributed by atoms with Crippen LogP contribution in [-0.2, 0) is 10.8 Å². The Morgan fingerprint density at radius 3 is 1.77 bits per heavy atom. The number of fused-ring (bicyclic) bond motifs is 6. The van der Waals surface area contributed by atoms with Gasteiger partial charge in [-0.3, -0.25) is 0 Å². The summed E-state index contributed by atoms with van der Waals surface area (Å²) in [5.74, 6) is 0. The largest absolute Gasteiger partial charge is 0.309 e. The lowest BCUT2D eigenvalue weighted by Gasteiger charge is -2.38. The molecule has 10 rings (SSSR count). The second-order valence-electron chi connectivity index (χ2n) is 14.5. The summed E-state index contributed by atoms with van der Waals surface area (Å²) >= 11 is 1.90. The summed E-state index contributed by atoms with van der Waals surface area (Å²) in [6, 6.07) is 69.8. The molecule has 0 fully saturated rings. The quantitative estimate of drug-likeness (QED) is 0.178. The molecule has 2 heteroatoms. The fourth-order valence-corrected chi connectivity index (χ4v) is 10.5. The van der Waals surface area contributed by atoms with Gasteiger partial charge in [0, 0.05) is 26.6 Å². The number of rotatable bonds is 5. The maximum absolute atomic E-state index is 2.50. The zero-order valence-electron chi connectivity index (χ0n) is 29.3. The van der Waals surface area contributed by atoms with E-state index in [1.54, 1.807) is 0 Å². The van der Waals surface area contributed by atoms with Gasteiger partial charge in [0.2, 0.25) is 0 Å². The topological polar surface area (TPSA) is 3.24 Å². The van der Waals surface area contributed by atoms with E-state index in [-0.39, 0.29) is 5.41 Å². The fourth-order valence-electron chi connectivity index (χ4n) is 8.96. The van der Waals surface area contributed by atoms with E-state index in [0.717, 1.165) is 11.4 Å². The van der Waals surface area contributed by atoms with Crippen molar-refractivity contribution in [2.24, 2.45) is 0 Å². The lowest BCUT2D eigenvalue weighted by Crippen LogP contribution is -2.29. The van der Waals surface area contributed by atoms with E-state index in [4.69, 9.17) is 0 Å². The van der Waals surface area contributed by atoms with Crippen molar-refractivity contribution in [3.05, 3.63) is 221 Å². The SMILES string of the molecule is CC1(C)c2ccccc2Sc2c(N(c3cccc(C4(c5ccccc5)c5ccccc5-c5ccccc54)c3)c3ccc4ccccc4c3)cccc21. The Labute approximate surface area is 310 Å². The minimum atomic E-state index is -0.481. The Hall–Kier alpha value is -5.83. The molecule has 0 unspecified atom stereocenters. The van der Waals surface area contributed by atoms with E-state index in [1.165, 1.54) is 70.8 Å². The molecule has 1 aliphatic heterocycles. The standard InChI is InChI=1S/C50H37NS/c1-49(2)44-26-12-13-29-47(44)52-48-45(49)27-15-28-46(48)51(39-31-30-34-16-6-7-17-35(34)32-39)38-21-14-20-37(33-38)50(36-18-4-3-5-19-36)42-24-10-8-22-40(42)41-23-9-11-25-43(41)50/h3-33H,1-2H3. The summed E-state index contributed by atoms with van der Waals surface area (Å²) in [7, 11) is 0. The van der Waals surface area contributed by atoms with Crippen molar-refractivity contribution >= 4 is 39.6 Å². The van der Waals surface area contributed by atoms with Crippen molar-refractivity contribution in [1.29, 1.82) is 0 Å². The first kappa shape index (κ1) is 30.9. The highest BCUT2D eigenvalue weighted by molar-refractivity contribution is 7.99. The minimum absolute atomic E-state index is 0.140. The van der Waals surface area contributed by atoms with Crippen LogP contribution in [0.4, 0.5) is 17.1 Å². The maximum atomic E-state index is 2.50. The monoisotopic (exact) mass is 683 g/mol. The van der Waals surface area contributed by atoms with Crippen LogP contribution in [0.15, 0.2) is 198 Å². The van der Waals surface area contributed by atoms with E-state index in [2.05, 4.69) is 207 Å². The van der Waals surface area contributed by atoms with Crippen LogP contribution in [0, 0.1) is 0 Å². The van der Waals surface area contributed by atoms with Gasteiger partial charge in [-0.25, -0.2) is 0 Å². The third-order valence-corrected chi connectivity index (χ3v) is 12.6. The van der Waals surface area contributed by atoms with E-state index in [1.807, 2.05) is 11.8 Å². The molecule has 8 aromatic carbocycles. The molecule has 2 aliphatic rings. The van der Waals surface area contributed by atoms with Crippen LogP contribution in [-0.4, -0.2) is 0 Å². The highest BCUT2D eigenvalue weighted by Gasteiger charge is 2.46. The van der Waals surface area contributed by atoms with Crippen molar-refractivity contribution in [3.63, 3.8) is 0 Å². The summed E-state index contributed by atoms with van der Waals surface area (Å²) in [6.07, 6.45) is 0. The summed E-state index contributed by atoms with van der Waals surface area (Å²) in [5, 5.41) is 2.46. The van der Waals surface area contributed by atoms with Crippen LogP contribution >= 0.6 is 11.8 Å². The number of nitrogens with zero attached hydrogens (tertiary/aromatic N) is 1. The van der Waals surface area contributed by atoms with E-state index >= 15 is 0 Å². The lowest BCUT2D eigenvalue weighted by atomic mass is 9.67. The zero-order valence-corrected chi connectivity index (χ0v) is 30.1. The van der Waals surface area contributed by atoms with Gasteiger partial charge in [-0.1, -0.05) is 177 Å². The molecule has 8 aromatic rings. The lowest BCUT2D eigenvalue weighted by molar-refractivity contribution is 0.607. The molecule has 1 nitrogen and oxygen atoms in total. The average Bonchev–Trinajstić information content (AvgIpc) is 3.50. The summed E-state index contributed by atoms with van der Waals surface area (Å²) < 4.78 is 0. The first-order valence-corrected chi connectivity index (χ1v) is 18.9. The maximum Gasteiger partial charge on any atom is 0.0714 e. The van der Waals surface area contributed by atoms with Crippen LogP contribution in [0.5, 0.6) is 0 Å². The molecule has 0 aromatic heterocycles. The Balaban J connectivity index is 1.25. The van der Waals surface area contributed by atoms with E-state index in [0.29, 0.717) is 0 Å². The molecule has 52 heavy (non-hydrogen) atoms. The third-order valence-electron chi connectivity index (χ3n) is 11.4. The van der Waals surface area contributed by atoms with Gasteiger partial charge in [-0.2, -0.15) is 0 Å². The van der Waals surface area contributed by atoms with Gasteiger partial charge >= 0.3 is 0 Å². The molecule has 0 saturated heterocycles. The van der Waals surface area contributed by atoms with Gasteiger partial charge in [-0.05, 0) is 91.7 Å². The van der Waals surface area contributed by atoms with Gasteiger partial charge < -0.3 is 4.90 Å². The summed E-state index contributed by atoms with van der Waals surface area (Å²) in [6.45, 7) is 4.74. The Bertz CT molecular complexity index is 2610. The normalized spacial score (nSPS) is 14.6. The molecular formula is C50H37NS. The van der Waals surface area contributed by atoms with Gasteiger partial charge in [-0.15, -0.1) is 0 Å². The molecule has 0 N–H and O–H groups in total. The molecule has 1 heterocycles. The third kappa shape index (κ3) is 4.51. The van der Waals surface area contributed by atoms with Gasteiger partial charge in [0.05, 0.1) is 11.1 Å². The predicted molar refractivity (Wildman–Crippen MR) is 219 cm³/mol. The first-order valence-electron chi connectivity index (χ1n) is 18.1. The number of anilines is 3. The summed E-state index contributed by atoms with van der Waals surface area (Å²) in [5.41, 5.74) is 13.4. The minimum Gasteiger partial charge on any atom is -0.309 e. The van der Waals surface area contributed by atoms with Gasteiger partial charge in [0.15, 0.2) is 0 Å². The molecule has 0 atom stereocenters. The van der Waals surface area contributed by atoms with Crippen molar-refractivity contribution in [3.8, 4) is 11.1 Å². The number of benzene rings is 8. The fraction of sp³-hybridized carbons (Fsp3) is 0.0800. The second-order valence-corrected chi connectivity index (χ2v) is 15.6. The van der Waals surface area contributed by atoms with Crippen molar-refractivity contribution in [2.75, 3.05) is 4.90 Å². The average molecular weight is 684 g/mol. The van der Waals surface area contributed by atoms with Crippen molar-refractivity contribution in [1.82, 2.24) is 0 Å². The molecular weight excluding hydrogens is 647 g/mol.